The van der Waals surface area contributed by atoms with Gasteiger partial charge in [-0.1, -0.05) is 129 Å². The highest BCUT2D eigenvalue weighted by Gasteiger charge is 2.32. The summed E-state index contributed by atoms with van der Waals surface area (Å²) in [6, 6.07) is 0. The monoisotopic (exact) mass is 673 g/mol. The number of nitrogens with zero attached hydrogens (tertiary/aromatic N) is 2. The van der Waals surface area contributed by atoms with Crippen LogP contribution >= 0.6 is 0 Å². The largest absolute Gasteiger partial charge is 0.381 e. The molecular weight excluding hydrogens is 584 g/mol. The third-order valence-corrected chi connectivity index (χ3v) is 9.15. The van der Waals surface area contributed by atoms with Gasteiger partial charge in [-0.15, -0.1) is 0 Å². The first-order valence-corrected chi connectivity index (χ1v) is 20.5. The molecular formula is C41H88N2O4+2. The van der Waals surface area contributed by atoms with E-state index >= 15 is 0 Å². The number of hydrogen-bond donors (Lipinski definition) is 0. The second-order valence-corrected chi connectivity index (χ2v) is 16.8. The lowest BCUT2D eigenvalue weighted by Gasteiger charge is -2.33. The van der Waals surface area contributed by atoms with Crippen LogP contribution in [0.5, 0.6) is 0 Å². The minimum absolute atomic E-state index is 0.260. The highest BCUT2D eigenvalue weighted by atomic mass is 16.5. The zero-order valence-electron chi connectivity index (χ0n) is 33.7. The van der Waals surface area contributed by atoms with Crippen molar-refractivity contribution >= 4 is 0 Å². The summed E-state index contributed by atoms with van der Waals surface area (Å²) in [7, 11) is 13.5. The Morgan fingerprint density at radius 1 is 0.319 bits per heavy atom. The van der Waals surface area contributed by atoms with Crippen molar-refractivity contribution in [3.8, 4) is 0 Å². The molecule has 0 rings (SSSR count). The van der Waals surface area contributed by atoms with E-state index in [0.717, 1.165) is 74.2 Å². The molecule has 0 aromatic heterocycles. The van der Waals surface area contributed by atoms with E-state index in [1.807, 2.05) is 0 Å². The fraction of sp³-hybridized carbons (Fsp3) is 1.00. The molecule has 0 saturated carbocycles. The van der Waals surface area contributed by atoms with Gasteiger partial charge in [-0.25, -0.2) is 0 Å². The molecule has 0 aliphatic rings. The van der Waals surface area contributed by atoms with Crippen LogP contribution < -0.4 is 0 Å². The fourth-order valence-electron chi connectivity index (χ4n) is 6.07. The van der Waals surface area contributed by atoms with Gasteiger partial charge in [-0.05, 0) is 12.8 Å². The van der Waals surface area contributed by atoms with Crippen molar-refractivity contribution in [3.05, 3.63) is 0 Å². The first kappa shape index (κ1) is 46.8. The van der Waals surface area contributed by atoms with Crippen LogP contribution in [-0.2, 0) is 18.9 Å². The molecule has 0 aliphatic heterocycles. The summed E-state index contributed by atoms with van der Waals surface area (Å²) in [5.41, 5.74) is -0.260. The molecule has 0 radical (unpaired) electrons. The molecule has 6 heteroatoms. The summed E-state index contributed by atoms with van der Waals surface area (Å²) in [4.78, 5) is 0. The zero-order valence-corrected chi connectivity index (χ0v) is 33.7. The topological polar surface area (TPSA) is 36.9 Å². The van der Waals surface area contributed by atoms with Crippen molar-refractivity contribution in [2.24, 2.45) is 5.41 Å². The molecule has 0 spiro atoms. The Balaban J connectivity index is 4.83. The number of hydrogen-bond acceptors (Lipinski definition) is 4. The van der Waals surface area contributed by atoms with Crippen molar-refractivity contribution < 1.29 is 27.9 Å². The summed E-state index contributed by atoms with van der Waals surface area (Å²) in [6.07, 6.45) is 29.0. The van der Waals surface area contributed by atoms with E-state index in [0.29, 0.717) is 26.4 Å². The van der Waals surface area contributed by atoms with E-state index in [-0.39, 0.29) is 5.41 Å². The summed E-state index contributed by atoms with van der Waals surface area (Å²) in [6.45, 7) is 12.5. The number of unbranched alkanes of at least 4 members (excludes halogenated alkanes) is 18. The van der Waals surface area contributed by atoms with E-state index in [1.165, 1.54) is 116 Å². The molecule has 0 bridgehead atoms. The summed E-state index contributed by atoms with van der Waals surface area (Å²) in [5.74, 6) is 0. The first-order chi connectivity index (χ1) is 22.5. The lowest BCUT2D eigenvalue weighted by atomic mass is 9.92. The van der Waals surface area contributed by atoms with Crippen LogP contribution in [0.1, 0.15) is 155 Å². The summed E-state index contributed by atoms with van der Waals surface area (Å²) >= 11 is 0. The van der Waals surface area contributed by atoms with Gasteiger partial charge in [-0.2, -0.15) is 0 Å². The molecule has 0 amide bonds. The average molecular weight is 673 g/mol. The van der Waals surface area contributed by atoms with Gasteiger partial charge in [0.1, 0.15) is 0 Å². The molecule has 0 atom stereocenters. The molecule has 6 nitrogen and oxygen atoms in total. The van der Waals surface area contributed by atoms with Gasteiger partial charge < -0.3 is 27.9 Å². The molecule has 0 N–H and O–H groups in total. The lowest BCUT2D eigenvalue weighted by Crippen LogP contribution is -2.42. The maximum absolute atomic E-state index is 6.41. The average Bonchev–Trinajstić information content (AvgIpc) is 3.00. The number of rotatable bonds is 38. The Labute approximate surface area is 296 Å². The zero-order chi connectivity index (χ0) is 35.0. The minimum atomic E-state index is -0.260. The Kier molecular flexibility index (Phi) is 31.6. The van der Waals surface area contributed by atoms with Crippen LogP contribution in [0.3, 0.4) is 0 Å². The van der Waals surface area contributed by atoms with Crippen LogP contribution in [0.4, 0.5) is 0 Å². The number of ether oxygens (including phenoxy) is 4. The number of quaternary nitrogens is 2. The van der Waals surface area contributed by atoms with Gasteiger partial charge in [0.2, 0.25) is 0 Å². The molecule has 47 heavy (non-hydrogen) atoms. The normalized spacial score (nSPS) is 12.8. The van der Waals surface area contributed by atoms with Gasteiger partial charge in [0, 0.05) is 26.1 Å². The van der Waals surface area contributed by atoms with Crippen LogP contribution in [0.2, 0.25) is 0 Å². The van der Waals surface area contributed by atoms with Crippen LogP contribution in [0.15, 0.2) is 0 Å². The lowest BCUT2D eigenvalue weighted by molar-refractivity contribution is -0.870. The van der Waals surface area contributed by atoms with Crippen molar-refractivity contribution in [2.75, 3.05) is 108 Å². The predicted molar refractivity (Wildman–Crippen MR) is 204 cm³/mol. The maximum Gasteiger partial charge on any atom is 0.0802 e. The van der Waals surface area contributed by atoms with Crippen molar-refractivity contribution in [3.63, 3.8) is 0 Å². The highest BCUT2D eigenvalue weighted by Crippen LogP contribution is 2.22. The Morgan fingerprint density at radius 2 is 0.553 bits per heavy atom. The molecule has 0 unspecified atom stereocenters. The van der Waals surface area contributed by atoms with E-state index in [2.05, 4.69) is 56.1 Å². The molecule has 0 saturated heterocycles. The standard InChI is InChI=1S/C41H88N2O4/c1-9-11-13-15-17-19-21-23-25-27-33-44-37-41(39-46-35-29-31-42(3,4)5,40-47-36-30-32-43(6,7)8)38-45-34-28-26-24-22-20-18-16-14-12-10-2/h9-40H2,1-8H3/q+2. The van der Waals surface area contributed by atoms with Gasteiger partial charge in [0.05, 0.1) is 100 Å². The second-order valence-electron chi connectivity index (χ2n) is 16.8. The van der Waals surface area contributed by atoms with E-state index in [1.54, 1.807) is 0 Å². The minimum Gasteiger partial charge on any atom is -0.381 e. The Hall–Kier alpha value is -0.240. The molecule has 0 aromatic carbocycles. The van der Waals surface area contributed by atoms with Gasteiger partial charge >= 0.3 is 0 Å². The van der Waals surface area contributed by atoms with E-state index < -0.39 is 0 Å². The smallest absolute Gasteiger partial charge is 0.0802 e. The van der Waals surface area contributed by atoms with Crippen LogP contribution in [0, 0.1) is 5.41 Å². The highest BCUT2D eigenvalue weighted by molar-refractivity contribution is 4.79. The van der Waals surface area contributed by atoms with Crippen LogP contribution in [0.25, 0.3) is 0 Å². The molecule has 284 valence electrons. The van der Waals surface area contributed by atoms with Gasteiger partial charge in [0.25, 0.3) is 0 Å². The van der Waals surface area contributed by atoms with Crippen molar-refractivity contribution in [1.29, 1.82) is 0 Å². The van der Waals surface area contributed by atoms with Crippen LogP contribution in [-0.4, -0.2) is 117 Å². The first-order valence-electron chi connectivity index (χ1n) is 20.5. The van der Waals surface area contributed by atoms with Gasteiger partial charge in [0.15, 0.2) is 0 Å². The summed E-state index contributed by atoms with van der Waals surface area (Å²) < 4.78 is 27.5. The van der Waals surface area contributed by atoms with E-state index in [4.69, 9.17) is 18.9 Å². The van der Waals surface area contributed by atoms with Gasteiger partial charge in [-0.3, -0.25) is 0 Å². The molecule has 0 heterocycles. The SMILES string of the molecule is CCCCCCCCCCCCOCC(COCCCCCCCCCCCC)(COCCC[N+](C)(C)C)COCCC[N+](C)(C)C. The van der Waals surface area contributed by atoms with Crippen molar-refractivity contribution in [2.45, 2.75) is 155 Å². The fourth-order valence-corrected chi connectivity index (χ4v) is 6.07. The maximum atomic E-state index is 6.41. The second kappa shape index (κ2) is 31.7. The van der Waals surface area contributed by atoms with E-state index in [9.17, 15) is 0 Å². The molecule has 0 aliphatic carbocycles. The Morgan fingerprint density at radius 3 is 0.809 bits per heavy atom. The predicted octanol–water partition coefficient (Wildman–Crippen LogP) is 10.1. The molecule has 0 fully saturated rings. The third-order valence-electron chi connectivity index (χ3n) is 9.15. The molecule has 0 aromatic rings. The van der Waals surface area contributed by atoms with Crippen molar-refractivity contribution in [1.82, 2.24) is 0 Å². The third kappa shape index (κ3) is 35.4. The quantitative estimate of drug-likeness (QED) is 0.0483. The summed E-state index contributed by atoms with van der Waals surface area (Å²) in [5, 5.41) is 0. The Bertz CT molecular complexity index is 578.